The molecule has 4 nitrogen and oxygen atoms in total. The predicted octanol–water partition coefficient (Wildman–Crippen LogP) is 3.96. The number of rotatable bonds is 5. The molecule has 0 saturated carbocycles. The maximum absolute atomic E-state index is 13.8. The van der Waals surface area contributed by atoms with E-state index >= 15 is 0 Å². The van der Waals surface area contributed by atoms with Crippen molar-refractivity contribution in [1.82, 2.24) is 9.55 Å². The lowest BCUT2D eigenvalue weighted by molar-refractivity contribution is 0.102. The zero-order valence-electron chi connectivity index (χ0n) is 14.4. The number of hydrogen-bond acceptors (Lipinski definition) is 4. The van der Waals surface area contributed by atoms with Gasteiger partial charge in [0, 0.05) is 18.0 Å². The highest BCUT2D eigenvalue weighted by Gasteiger charge is 2.12. The van der Waals surface area contributed by atoms with Crippen LogP contribution in [0.25, 0.3) is 5.69 Å². The van der Waals surface area contributed by atoms with Crippen LogP contribution in [0.2, 0.25) is 0 Å². The molecule has 26 heavy (non-hydrogen) atoms. The zero-order valence-corrected chi connectivity index (χ0v) is 15.2. The van der Waals surface area contributed by atoms with Crippen LogP contribution in [-0.4, -0.2) is 21.1 Å². The first-order valence-electron chi connectivity index (χ1n) is 8.02. The Morgan fingerprint density at radius 2 is 1.88 bits per heavy atom. The summed E-state index contributed by atoms with van der Waals surface area (Å²) in [7, 11) is 0. The van der Waals surface area contributed by atoms with Gasteiger partial charge in [-0.3, -0.25) is 14.2 Å². The first-order valence-corrected chi connectivity index (χ1v) is 9.01. The lowest BCUT2D eigenvalue weighted by Crippen LogP contribution is -2.21. The molecule has 6 heteroatoms. The first-order chi connectivity index (χ1) is 12.5. The van der Waals surface area contributed by atoms with E-state index in [4.69, 9.17) is 0 Å². The molecular formula is C20H17FN2O2S. The van der Waals surface area contributed by atoms with Crippen LogP contribution in [0.5, 0.6) is 0 Å². The smallest absolute Gasteiger partial charge is 0.287 e. The second-order valence-corrected chi connectivity index (χ2v) is 6.88. The molecule has 0 aliphatic rings. The van der Waals surface area contributed by atoms with E-state index in [9.17, 15) is 14.0 Å². The Morgan fingerprint density at radius 1 is 1.15 bits per heavy atom. The van der Waals surface area contributed by atoms with Crippen LogP contribution in [0.15, 0.2) is 64.7 Å². The molecule has 0 radical (unpaired) electrons. The molecule has 0 saturated heterocycles. The highest BCUT2D eigenvalue weighted by molar-refractivity contribution is 7.99. The summed E-state index contributed by atoms with van der Waals surface area (Å²) in [4.78, 5) is 28.9. The van der Waals surface area contributed by atoms with E-state index < -0.39 is 0 Å². The summed E-state index contributed by atoms with van der Waals surface area (Å²) in [6.45, 7) is 3.61. The van der Waals surface area contributed by atoms with E-state index in [1.165, 1.54) is 23.0 Å². The van der Waals surface area contributed by atoms with Crippen LogP contribution < -0.4 is 5.56 Å². The second kappa shape index (κ2) is 7.66. The van der Waals surface area contributed by atoms with Crippen LogP contribution in [0.1, 0.15) is 21.5 Å². The van der Waals surface area contributed by atoms with Gasteiger partial charge in [-0.15, -0.1) is 0 Å². The summed E-state index contributed by atoms with van der Waals surface area (Å²) in [5, 5.41) is 0.203. The molecular weight excluding hydrogens is 351 g/mol. The topological polar surface area (TPSA) is 52.0 Å². The third-order valence-electron chi connectivity index (χ3n) is 3.96. The number of Topliss-reactive ketones (excluding diaryl/α,β-unsaturated/α-hetero) is 1. The third-order valence-corrected chi connectivity index (χ3v) is 4.92. The number of carbonyl (C=O) groups is 1. The number of thioether (sulfide) groups is 1. The molecule has 3 rings (SSSR count). The number of hydrogen-bond donors (Lipinski definition) is 0. The monoisotopic (exact) mass is 368 g/mol. The number of aryl methyl sites for hydroxylation is 2. The van der Waals surface area contributed by atoms with Gasteiger partial charge in [-0.05, 0) is 31.5 Å². The van der Waals surface area contributed by atoms with Crippen molar-refractivity contribution in [2.24, 2.45) is 0 Å². The average molecular weight is 368 g/mol. The molecule has 0 unspecified atom stereocenters. The Bertz CT molecular complexity index is 1010. The van der Waals surface area contributed by atoms with Gasteiger partial charge in [-0.25, -0.2) is 9.37 Å². The van der Waals surface area contributed by atoms with Crippen LogP contribution in [0.3, 0.4) is 0 Å². The fourth-order valence-electron chi connectivity index (χ4n) is 2.38. The van der Waals surface area contributed by atoms with Crippen molar-refractivity contribution in [3.63, 3.8) is 0 Å². The van der Waals surface area contributed by atoms with Crippen molar-refractivity contribution in [2.45, 2.75) is 18.9 Å². The van der Waals surface area contributed by atoms with Crippen molar-refractivity contribution < 1.29 is 9.18 Å². The normalized spacial score (nSPS) is 10.7. The van der Waals surface area contributed by atoms with Gasteiger partial charge in [0.25, 0.3) is 5.56 Å². The molecule has 0 atom stereocenters. The maximum Gasteiger partial charge on any atom is 0.287 e. The molecule has 3 aromatic rings. The molecule has 132 valence electrons. The number of ketones is 1. The number of aromatic nitrogens is 2. The van der Waals surface area contributed by atoms with Gasteiger partial charge in [0.1, 0.15) is 5.82 Å². The highest BCUT2D eigenvalue weighted by Crippen LogP contribution is 2.16. The molecule has 0 aliphatic carbocycles. The zero-order chi connectivity index (χ0) is 18.7. The van der Waals surface area contributed by atoms with E-state index in [2.05, 4.69) is 4.98 Å². The molecule has 0 amide bonds. The number of nitrogens with zero attached hydrogens (tertiary/aromatic N) is 2. The van der Waals surface area contributed by atoms with Crippen LogP contribution in [-0.2, 0) is 0 Å². The lowest BCUT2D eigenvalue weighted by Gasteiger charge is -2.08. The lowest BCUT2D eigenvalue weighted by atomic mass is 10.1. The molecule has 0 bridgehead atoms. The number of carbonyl (C=O) groups excluding carboxylic acids is 1. The van der Waals surface area contributed by atoms with Gasteiger partial charge in [0.05, 0.1) is 11.4 Å². The fourth-order valence-corrected chi connectivity index (χ4v) is 3.18. The average Bonchev–Trinajstić information content (AvgIpc) is 2.63. The largest absolute Gasteiger partial charge is 0.293 e. The third kappa shape index (κ3) is 3.91. The maximum atomic E-state index is 13.8. The molecule has 0 fully saturated rings. The van der Waals surface area contributed by atoms with Crippen molar-refractivity contribution in [3.8, 4) is 5.69 Å². The Kier molecular flexibility index (Phi) is 5.32. The molecule has 1 heterocycles. The molecule has 0 spiro atoms. The Morgan fingerprint density at radius 3 is 2.58 bits per heavy atom. The predicted molar refractivity (Wildman–Crippen MR) is 101 cm³/mol. The first kappa shape index (κ1) is 18.1. The van der Waals surface area contributed by atoms with E-state index in [1.807, 2.05) is 19.1 Å². The summed E-state index contributed by atoms with van der Waals surface area (Å²) in [5.74, 6) is -0.347. The van der Waals surface area contributed by atoms with Crippen LogP contribution in [0, 0.1) is 19.7 Å². The minimum Gasteiger partial charge on any atom is -0.293 e. The molecule has 2 aromatic carbocycles. The van der Waals surface area contributed by atoms with Crippen LogP contribution >= 0.6 is 11.8 Å². The number of benzene rings is 2. The Hall–Kier alpha value is -2.73. The van der Waals surface area contributed by atoms with Gasteiger partial charge in [-0.1, -0.05) is 47.7 Å². The second-order valence-electron chi connectivity index (χ2n) is 5.92. The fraction of sp³-hybridized carbons (Fsp3) is 0.150. The van der Waals surface area contributed by atoms with Gasteiger partial charge < -0.3 is 0 Å². The van der Waals surface area contributed by atoms with Crippen molar-refractivity contribution in [1.29, 1.82) is 0 Å². The van der Waals surface area contributed by atoms with Crippen molar-refractivity contribution >= 4 is 17.5 Å². The molecule has 0 N–H and O–H groups in total. The summed E-state index contributed by atoms with van der Waals surface area (Å²) in [6.07, 6.45) is 2.95. The number of halogens is 1. The van der Waals surface area contributed by atoms with E-state index in [-0.39, 0.29) is 27.9 Å². The van der Waals surface area contributed by atoms with E-state index in [1.54, 1.807) is 31.2 Å². The molecule has 1 aromatic heterocycles. The van der Waals surface area contributed by atoms with E-state index in [0.29, 0.717) is 16.8 Å². The van der Waals surface area contributed by atoms with Crippen molar-refractivity contribution in [2.75, 3.05) is 5.75 Å². The van der Waals surface area contributed by atoms with Gasteiger partial charge >= 0.3 is 0 Å². The van der Waals surface area contributed by atoms with Gasteiger partial charge in [-0.2, -0.15) is 0 Å². The minimum atomic E-state index is -0.380. The van der Waals surface area contributed by atoms with Crippen molar-refractivity contribution in [3.05, 3.63) is 87.7 Å². The summed E-state index contributed by atoms with van der Waals surface area (Å²) in [6, 6.07) is 11.9. The molecule has 0 aliphatic heterocycles. The van der Waals surface area contributed by atoms with Gasteiger partial charge in [0.15, 0.2) is 10.8 Å². The Balaban J connectivity index is 1.81. The highest BCUT2D eigenvalue weighted by atomic mass is 32.2. The van der Waals surface area contributed by atoms with Crippen LogP contribution in [0.4, 0.5) is 4.39 Å². The minimum absolute atomic E-state index is 0.0759. The summed E-state index contributed by atoms with van der Waals surface area (Å²) < 4.78 is 15.1. The standard InChI is InChI=1S/C20H17FN2O2S/c1-13-3-6-15(7-4-13)18(24)12-26-19-20(25)23(10-9-22-19)16-8-5-14(2)17(21)11-16/h3-11H,12H2,1-2H3. The quantitative estimate of drug-likeness (QED) is 0.505. The van der Waals surface area contributed by atoms with Gasteiger partial charge in [0.2, 0.25) is 0 Å². The summed E-state index contributed by atoms with van der Waals surface area (Å²) in [5.41, 5.74) is 2.23. The summed E-state index contributed by atoms with van der Waals surface area (Å²) >= 11 is 1.08. The SMILES string of the molecule is Cc1ccc(C(=O)CSc2nccn(-c3ccc(C)c(F)c3)c2=O)cc1. The Labute approximate surface area is 154 Å². The van der Waals surface area contributed by atoms with E-state index in [0.717, 1.165) is 17.3 Å².